The van der Waals surface area contributed by atoms with Crippen molar-refractivity contribution in [3.05, 3.63) is 27.1 Å². The Morgan fingerprint density at radius 3 is 2.55 bits per heavy atom. The maximum atomic E-state index is 11.8. The average Bonchev–Trinajstić information content (AvgIpc) is 2.22. The fraction of sp³-hybridized carbons (Fsp3) is 0.500. The van der Waals surface area contributed by atoms with Gasteiger partial charge in [-0.3, -0.25) is 0 Å². The van der Waals surface area contributed by atoms with Crippen LogP contribution in [0.3, 0.4) is 0 Å². The Morgan fingerprint density at radius 2 is 2.00 bits per heavy atom. The van der Waals surface area contributed by atoms with Crippen LogP contribution in [-0.4, -0.2) is 35.7 Å². The van der Waals surface area contributed by atoms with Crippen LogP contribution in [0.1, 0.15) is 20.8 Å². The van der Waals surface area contributed by atoms with Crippen molar-refractivity contribution in [1.82, 2.24) is 4.90 Å². The standard InChI is InChI=1S/C14H18Br2N2O2/c1-14(2,3)20-13(19)18-7-10(8-18)17-12-5-4-9(15)6-11(12)16/h4-6,10,17H,7-8H2,1-3H3. The molecule has 1 heterocycles. The smallest absolute Gasteiger partial charge is 0.410 e. The second-order valence-electron chi connectivity index (χ2n) is 5.85. The fourth-order valence-corrected chi connectivity index (χ4v) is 3.03. The molecule has 1 aromatic carbocycles. The third kappa shape index (κ3) is 4.12. The second kappa shape index (κ2) is 5.93. The third-order valence-corrected chi connectivity index (χ3v) is 3.97. The van der Waals surface area contributed by atoms with Gasteiger partial charge in [-0.05, 0) is 54.9 Å². The Morgan fingerprint density at radius 1 is 1.35 bits per heavy atom. The highest BCUT2D eigenvalue weighted by Crippen LogP contribution is 2.28. The molecule has 0 aliphatic carbocycles. The van der Waals surface area contributed by atoms with Gasteiger partial charge in [0.2, 0.25) is 0 Å². The Kier molecular flexibility index (Phi) is 4.64. The first-order chi connectivity index (χ1) is 9.24. The lowest BCUT2D eigenvalue weighted by Gasteiger charge is -2.40. The summed E-state index contributed by atoms with van der Waals surface area (Å²) in [5.41, 5.74) is 0.590. The molecular formula is C14H18Br2N2O2. The molecule has 2 rings (SSSR count). The average molecular weight is 406 g/mol. The van der Waals surface area contributed by atoms with Gasteiger partial charge in [0, 0.05) is 27.7 Å². The van der Waals surface area contributed by atoms with Crippen LogP contribution in [0.2, 0.25) is 0 Å². The minimum atomic E-state index is -0.440. The zero-order valence-corrected chi connectivity index (χ0v) is 14.9. The lowest BCUT2D eigenvalue weighted by Crippen LogP contribution is -2.57. The van der Waals surface area contributed by atoms with Gasteiger partial charge in [0.25, 0.3) is 0 Å². The number of amides is 1. The Bertz CT molecular complexity index is 508. The summed E-state index contributed by atoms with van der Waals surface area (Å²) in [6.07, 6.45) is -0.245. The number of nitrogens with zero attached hydrogens (tertiary/aromatic N) is 1. The number of rotatable bonds is 2. The first-order valence-corrected chi connectivity index (χ1v) is 8.03. The molecule has 1 aliphatic heterocycles. The van der Waals surface area contributed by atoms with Crippen LogP contribution in [0, 0.1) is 0 Å². The Labute approximate surface area is 136 Å². The summed E-state index contributed by atoms with van der Waals surface area (Å²) >= 11 is 6.94. The maximum Gasteiger partial charge on any atom is 0.410 e. The van der Waals surface area contributed by atoms with E-state index in [1.165, 1.54) is 0 Å². The summed E-state index contributed by atoms with van der Waals surface area (Å²) in [5, 5.41) is 3.40. The van der Waals surface area contributed by atoms with Crippen molar-refractivity contribution in [1.29, 1.82) is 0 Å². The number of hydrogen-bond acceptors (Lipinski definition) is 3. The van der Waals surface area contributed by atoms with Crippen molar-refractivity contribution in [3.8, 4) is 0 Å². The van der Waals surface area contributed by atoms with Crippen molar-refractivity contribution in [2.45, 2.75) is 32.4 Å². The zero-order valence-electron chi connectivity index (χ0n) is 11.7. The molecule has 110 valence electrons. The number of benzene rings is 1. The number of hydrogen-bond donors (Lipinski definition) is 1. The summed E-state index contributed by atoms with van der Waals surface area (Å²) in [6, 6.07) is 6.24. The highest BCUT2D eigenvalue weighted by atomic mass is 79.9. The van der Waals surface area contributed by atoms with Crippen LogP contribution < -0.4 is 5.32 Å². The van der Waals surface area contributed by atoms with Gasteiger partial charge in [0.15, 0.2) is 0 Å². The number of ether oxygens (including phenoxy) is 1. The number of halogens is 2. The van der Waals surface area contributed by atoms with E-state index in [2.05, 4.69) is 37.2 Å². The van der Waals surface area contributed by atoms with E-state index in [0.717, 1.165) is 14.6 Å². The van der Waals surface area contributed by atoms with Gasteiger partial charge in [-0.25, -0.2) is 4.79 Å². The van der Waals surface area contributed by atoms with E-state index in [1.807, 2.05) is 39.0 Å². The van der Waals surface area contributed by atoms with E-state index in [-0.39, 0.29) is 12.1 Å². The van der Waals surface area contributed by atoms with E-state index in [4.69, 9.17) is 4.74 Å². The largest absolute Gasteiger partial charge is 0.444 e. The minimum Gasteiger partial charge on any atom is -0.444 e. The van der Waals surface area contributed by atoms with Crippen molar-refractivity contribution < 1.29 is 9.53 Å². The van der Waals surface area contributed by atoms with Crippen molar-refractivity contribution in [2.24, 2.45) is 0 Å². The van der Waals surface area contributed by atoms with Gasteiger partial charge in [-0.1, -0.05) is 15.9 Å². The minimum absolute atomic E-state index is 0.245. The number of carbonyl (C=O) groups is 1. The van der Waals surface area contributed by atoms with Crippen molar-refractivity contribution >= 4 is 43.6 Å². The van der Waals surface area contributed by atoms with Crippen LogP contribution in [0.25, 0.3) is 0 Å². The molecule has 4 nitrogen and oxygen atoms in total. The predicted octanol–water partition coefficient (Wildman–Crippen LogP) is 4.24. The SMILES string of the molecule is CC(C)(C)OC(=O)N1CC(Nc2ccc(Br)cc2Br)C1. The van der Waals surface area contributed by atoms with Crippen LogP contribution in [-0.2, 0) is 4.74 Å². The third-order valence-electron chi connectivity index (χ3n) is 2.82. The van der Waals surface area contributed by atoms with E-state index in [0.29, 0.717) is 13.1 Å². The molecule has 0 aromatic heterocycles. The second-order valence-corrected chi connectivity index (χ2v) is 7.62. The molecule has 1 aromatic rings. The lowest BCUT2D eigenvalue weighted by atomic mass is 10.1. The van der Waals surface area contributed by atoms with Gasteiger partial charge in [-0.2, -0.15) is 0 Å². The van der Waals surface area contributed by atoms with Crippen LogP contribution in [0.4, 0.5) is 10.5 Å². The van der Waals surface area contributed by atoms with Crippen LogP contribution in [0.15, 0.2) is 27.1 Å². The van der Waals surface area contributed by atoms with Gasteiger partial charge >= 0.3 is 6.09 Å². The molecule has 0 spiro atoms. The first kappa shape index (κ1) is 15.6. The first-order valence-electron chi connectivity index (χ1n) is 6.44. The highest BCUT2D eigenvalue weighted by molar-refractivity contribution is 9.11. The molecule has 1 N–H and O–H groups in total. The molecular weight excluding hydrogens is 388 g/mol. The van der Waals surface area contributed by atoms with Gasteiger partial charge in [-0.15, -0.1) is 0 Å². The maximum absolute atomic E-state index is 11.8. The van der Waals surface area contributed by atoms with Crippen LogP contribution in [0.5, 0.6) is 0 Å². The van der Waals surface area contributed by atoms with E-state index >= 15 is 0 Å². The van der Waals surface area contributed by atoms with Gasteiger partial charge < -0.3 is 15.0 Å². The number of carbonyl (C=O) groups excluding carboxylic acids is 1. The van der Waals surface area contributed by atoms with E-state index in [1.54, 1.807) is 4.90 Å². The molecule has 0 radical (unpaired) electrons. The molecule has 0 bridgehead atoms. The summed E-state index contributed by atoms with van der Waals surface area (Å²) in [7, 11) is 0. The topological polar surface area (TPSA) is 41.6 Å². The predicted molar refractivity (Wildman–Crippen MR) is 87.1 cm³/mol. The van der Waals surface area contributed by atoms with Crippen LogP contribution >= 0.6 is 31.9 Å². The molecule has 20 heavy (non-hydrogen) atoms. The molecule has 0 saturated carbocycles. The van der Waals surface area contributed by atoms with E-state index in [9.17, 15) is 4.79 Å². The summed E-state index contributed by atoms with van der Waals surface area (Å²) in [6.45, 7) is 6.95. The summed E-state index contributed by atoms with van der Waals surface area (Å²) in [4.78, 5) is 13.5. The lowest BCUT2D eigenvalue weighted by molar-refractivity contribution is 0.0105. The highest BCUT2D eigenvalue weighted by Gasteiger charge is 2.33. The summed E-state index contributed by atoms with van der Waals surface area (Å²) < 4.78 is 7.35. The molecule has 1 saturated heterocycles. The molecule has 1 aliphatic rings. The van der Waals surface area contributed by atoms with Crippen molar-refractivity contribution in [3.63, 3.8) is 0 Å². The van der Waals surface area contributed by atoms with Gasteiger partial charge in [0.05, 0.1) is 6.04 Å². The molecule has 1 amide bonds. The Hall–Kier alpha value is -0.750. The zero-order chi connectivity index (χ0) is 14.9. The number of nitrogens with one attached hydrogen (secondary N) is 1. The van der Waals surface area contributed by atoms with E-state index < -0.39 is 5.60 Å². The Balaban J connectivity index is 1.83. The fourth-order valence-electron chi connectivity index (χ4n) is 1.87. The molecule has 6 heteroatoms. The molecule has 0 atom stereocenters. The molecule has 0 unspecified atom stereocenters. The monoisotopic (exact) mass is 404 g/mol. The molecule has 1 fully saturated rings. The number of anilines is 1. The normalized spacial score (nSPS) is 15.8. The van der Waals surface area contributed by atoms with Gasteiger partial charge in [0.1, 0.15) is 5.60 Å². The summed E-state index contributed by atoms with van der Waals surface area (Å²) in [5.74, 6) is 0. The van der Waals surface area contributed by atoms with Crippen molar-refractivity contribution in [2.75, 3.05) is 18.4 Å². The quantitative estimate of drug-likeness (QED) is 0.799. The number of likely N-dealkylation sites (tertiary alicyclic amines) is 1.